The van der Waals surface area contributed by atoms with Gasteiger partial charge >= 0.3 is 0 Å². The molecule has 0 bridgehead atoms. The lowest BCUT2D eigenvalue weighted by Gasteiger charge is -2.05. The first-order valence-electron chi connectivity index (χ1n) is 7.89. The average Bonchev–Trinajstić information content (AvgIpc) is 3.26. The maximum Gasteiger partial charge on any atom is 0.233 e. The van der Waals surface area contributed by atoms with Crippen LogP contribution in [0.1, 0.15) is 38.3 Å². The predicted octanol–water partition coefficient (Wildman–Crippen LogP) is 2.78. The van der Waals surface area contributed by atoms with Crippen molar-refractivity contribution in [3.05, 3.63) is 58.7 Å². The summed E-state index contributed by atoms with van der Waals surface area (Å²) in [5, 5.41) is 3.99. The fourth-order valence-electron chi connectivity index (χ4n) is 3.12. The fourth-order valence-corrected chi connectivity index (χ4v) is 3.12. The smallest absolute Gasteiger partial charge is 0.233 e. The zero-order valence-corrected chi connectivity index (χ0v) is 13.6. The summed E-state index contributed by atoms with van der Waals surface area (Å²) in [4.78, 5) is 29.9. The summed E-state index contributed by atoms with van der Waals surface area (Å²) in [5.74, 6) is -0.0552. The normalized spacial score (nSPS) is 16.0. The Morgan fingerprint density at radius 3 is 2.48 bits per heavy atom. The van der Waals surface area contributed by atoms with Gasteiger partial charge in [0, 0.05) is 16.7 Å². The molecule has 25 heavy (non-hydrogen) atoms. The molecule has 0 aromatic heterocycles. The van der Waals surface area contributed by atoms with E-state index in [4.69, 9.17) is 14.3 Å². The fraction of sp³-hybridized carbons (Fsp3) is 0.211. The summed E-state index contributed by atoms with van der Waals surface area (Å²) in [7, 11) is 1.51. The molecule has 0 fully saturated rings. The Bertz CT molecular complexity index is 916. The molecule has 1 aliphatic heterocycles. The molecule has 0 unspecified atom stereocenters. The van der Waals surface area contributed by atoms with Crippen LogP contribution in [0.15, 0.2) is 41.6 Å². The molecule has 4 rings (SSSR count). The molecule has 2 aliphatic rings. The molecule has 0 N–H and O–H groups in total. The van der Waals surface area contributed by atoms with Crippen LogP contribution in [-0.2, 0) is 11.3 Å². The molecular formula is C19H15NO5. The first-order valence-corrected chi connectivity index (χ1v) is 7.89. The molecule has 0 radical (unpaired) electrons. The Hall–Kier alpha value is -3.15. The highest BCUT2D eigenvalue weighted by Crippen LogP contribution is 2.33. The quantitative estimate of drug-likeness (QED) is 0.487. The SMILES string of the molecule is CON=C1CCc2cc(C(=O)C(=O)c3ccc4c(c3)OCO4)ccc21. The molecular weight excluding hydrogens is 322 g/mol. The van der Waals surface area contributed by atoms with Crippen LogP contribution in [0.25, 0.3) is 0 Å². The number of nitrogens with zero attached hydrogens (tertiary/aromatic N) is 1. The van der Waals surface area contributed by atoms with Gasteiger partial charge < -0.3 is 14.3 Å². The van der Waals surface area contributed by atoms with Crippen LogP contribution >= 0.6 is 0 Å². The van der Waals surface area contributed by atoms with E-state index in [2.05, 4.69) is 5.16 Å². The largest absolute Gasteiger partial charge is 0.454 e. The van der Waals surface area contributed by atoms with E-state index in [1.54, 1.807) is 30.3 Å². The lowest BCUT2D eigenvalue weighted by atomic mass is 9.98. The molecule has 0 atom stereocenters. The Morgan fingerprint density at radius 1 is 0.960 bits per heavy atom. The van der Waals surface area contributed by atoms with E-state index >= 15 is 0 Å². The Labute approximate surface area is 144 Å². The summed E-state index contributed by atoms with van der Waals surface area (Å²) >= 11 is 0. The van der Waals surface area contributed by atoms with Crippen LogP contribution < -0.4 is 9.47 Å². The maximum atomic E-state index is 12.6. The van der Waals surface area contributed by atoms with Gasteiger partial charge in [0.25, 0.3) is 0 Å². The summed E-state index contributed by atoms with van der Waals surface area (Å²) in [5.41, 5.74) is 3.49. The third-order valence-corrected chi connectivity index (χ3v) is 4.35. The third-order valence-electron chi connectivity index (χ3n) is 4.35. The van der Waals surface area contributed by atoms with Gasteiger partial charge in [-0.05, 0) is 42.7 Å². The third kappa shape index (κ3) is 2.65. The number of fused-ring (bicyclic) bond motifs is 2. The first-order chi connectivity index (χ1) is 12.2. The Balaban J connectivity index is 1.61. The van der Waals surface area contributed by atoms with Gasteiger partial charge in [-0.2, -0.15) is 0 Å². The van der Waals surface area contributed by atoms with Crippen molar-refractivity contribution in [3.8, 4) is 11.5 Å². The van der Waals surface area contributed by atoms with Gasteiger partial charge in [-0.1, -0.05) is 17.3 Å². The maximum absolute atomic E-state index is 12.6. The molecule has 1 aliphatic carbocycles. The molecule has 6 nitrogen and oxygen atoms in total. The van der Waals surface area contributed by atoms with Gasteiger partial charge in [0.05, 0.1) is 5.71 Å². The molecule has 0 amide bonds. The van der Waals surface area contributed by atoms with Crippen LogP contribution in [0.2, 0.25) is 0 Å². The number of oxime groups is 1. The molecule has 6 heteroatoms. The lowest BCUT2D eigenvalue weighted by molar-refractivity contribution is 0.0816. The highest BCUT2D eigenvalue weighted by atomic mass is 16.7. The van der Waals surface area contributed by atoms with Crippen molar-refractivity contribution >= 4 is 17.3 Å². The highest BCUT2D eigenvalue weighted by molar-refractivity contribution is 6.49. The van der Waals surface area contributed by atoms with Crippen molar-refractivity contribution in [2.45, 2.75) is 12.8 Å². The predicted molar refractivity (Wildman–Crippen MR) is 89.5 cm³/mol. The monoisotopic (exact) mass is 337 g/mol. The first kappa shape index (κ1) is 15.4. The number of ketones is 2. The topological polar surface area (TPSA) is 74.2 Å². The minimum atomic E-state index is -0.568. The van der Waals surface area contributed by atoms with E-state index in [9.17, 15) is 9.59 Å². The number of aryl methyl sites for hydroxylation is 1. The number of benzene rings is 2. The zero-order chi connectivity index (χ0) is 17.4. The molecule has 1 heterocycles. The van der Waals surface area contributed by atoms with Crippen LogP contribution in [0.5, 0.6) is 11.5 Å². The van der Waals surface area contributed by atoms with Gasteiger partial charge in [-0.25, -0.2) is 0 Å². The number of carbonyl (C=O) groups excluding carboxylic acids is 2. The summed E-state index contributed by atoms with van der Waals surface area (Å²) < 4.78 is 10.5. The van der Waals surface area contributed by atoms with Crippen molar-refractivity contribution in [2.75, 3.05) is 13.9 Å². The van der Waals surface area contributed by atoms with Crippen molar-refractivity contribution in [1.82, 2.24) is 0 Å². The van der Waals surface area contributed by atoms with E-state index in [0.717, 1.165) is 29.7 Å². The molecule has 126 valence electrons. The second kappa shape index (κ2) is 6.05. The summed E-state index contributed by atoms with van der Waals surface area (Å²) in [6, 6.07) is 9.99. The van der Waals surface area contributed by atoms with Crippen molar-refractivity contribution < 1.29 is 23.9 Å². The van der Waals surface area contributed by atoms with Gasteiger partial charge in [-0.15, -0.1) is 0 Å². The highest BCUT2D eigenvalue weighted by Gasteiger charge is 2.25. The van der Waals surface area contributed by atoms with Gasteiger partial charge in [0.1, 0.15) is 7.11 Å². The van der Waals surface area contributed by atoms with Crippen LogP contribution in [-0.4, -0.2) is 31.2 Å². The van der Waals surface area contributed by atoms with Gasteiger partial charge in [0.2, 0.25) is 18.4 Å². The van der Waals surface area contributed by atoms with Crippen LogP contribution in [0.3, 0.4) is 0 Å². The van der Waals surface area contributed by atoms with E-state index in [-0.39, 0.29) is 12.4 Å². The van der Waals surface area contributed by atoms with E-state index in [1.165, 1.54) is 7.11 Å². The number of carbonyl (C=O) groups is 2. The number of ether oxygens (including phenoxy) is 2. The Kier molecular flexibility index (Phi) is 3.72. The standard InChI is InChI=1S/C19H15NO5/c1-23-20-15-6-3-11-8-12(2-5-14(11)15)18(21)19(22)13-4-7-16-17(9-13)25-10-24-16/h2,4-5,7-9H,3,6,10H2,1H3. The Morgan fingerprint density at radius 2 is 1.68 bits per heavy atom. The van der Waals surface area contributed by atoms with Crippen LogP contribution in [0, 0.1) is 0 Å². The van der Waals surface area contributed by atoms with Crippen molar-refractivity contribution in [1.29, 1.82) is 0 Å². The number of rotatable bonds is 4. The second-order valence-corrected chi connectivity index (χ2v) is 5.82. The van der Waals surface area contributed by atoms with Crippen molar-refractivity contribution in [2.24, 2.45) is 5.16 Å². The van der Waals surface area contributed by atoms with E-state index < -0.39 is 11.6 Å². The average molecular weight is 337 g/mol. The molecule has 2 aromatic rings. The van der Waals surface area contributed by atoms with Crippen molar-refractivity contribution in [3.63, 3.8) is 0 Å². The molecule has 0 saturated heterocycles. The van der Waals surface area contributed by atoms with Crippen LogP contribution in [0.4, 0.5) is 0 Å². The summed E-state index contributed by atoms with van der Waals surface area (Å²) in [6.07, 6.45) is 1.54. The minimum Gasteiger partial charge on any atom is -0.454 e. The summed E-state index contributed by atoms with van der Waals surface area (Å²) in [6.45, 7) is 0.122. The van der Waals surface area contributed by atoms with Gasteiger partial charge in [0.15, 0.2) is 11.5 Å². The van der Waals surface area contributed by atoms with Gasteiger partial charge in [-0.3, -0.25) is 9.59 Å². The molecule has 0 saturated carbocycles. The van der Waals surface area contributed by atoms with E-state index in [1.807, 2.05) is 6.07 Å². The molecule has 0 spiro atoms. The minimum absolute atomic E-state index is 0.122. The lowest BCUT2D eigenvalue weighted by Crippen LogP contribution is -2.15. The van der Waals surface area contributed by atoms with E-state index in [0.29, 0.717) is 17.1 Å². The second-order valence-electron chi connectivity index (χ2n) is 5.82. The number of hydrogen-bond acceptors (Lipinski definition) is 6. The number of hydrogen-bond donors (Lipinski definition) is 0. The number of Topliss-reactive ketones (excluding diaryl/α,β-unsaturated/α-hetero) is 2. The molecule has 2 aromatic carbocycles. The zero-order valence-electron chi connectivity index (χ0n) is 13.6.